The number of aromatic nitrogens is 1. The quantitative estimate of drug-likeness (QED) is 0.337. The Balaban J connectivity index is 0.00000300. The second kappa shape index (κ2) is 12.1. The highest BCUT2D eigenvalue weighted by molar-refractivity contribution is 14.0. The number of nitrogens with zero attached hydrogens (tertiary/aromatic N) is 3. The molecule has 1 aromatic heterocycles. The van der Waals surface area contributed by atoms with Crippen molar-refractivity contribution < 1.29 is 9.26 Å². The standard InChI is InChI=1S/C21H31N5O2.HI/c1-16(2)20-12-19(28-25-20)14-24-21(22-3)23-13-17-6-4-5-7-18(17)15-26-8-10-27-11-9-26;/h4-7,12,16H,8-11,13-15H2,1-3H3,(H2,22,23,24);1H. The first-order chi connectivity index (χ1) is 13.7. The summed E-state index contributed by atoms with van der Waals surface area (Å²) in [7, 11) is 1.77. The Morgan fingerprint density at radius 3 is 2.48 bits per heavy atom. The van der Waals surface area contributed by atoms with Crippen LogP contribution in [0.3, 0.4) is 0 Å². The van der Waals surface area contributed by atoms with Crippen LogP contribution in [0.15, 0.2) is 39.8 Å². The Morgan fingerprint density at radius 2 is 1.83 bits per heavy atom. The third-order valence-corrected chi connectivity index (χ3v) is 4.88. The molecule has 2 N–H and O–H groups in total. The van der Waals surface area contributed by atoms with Gasteiger partial charge in [0.15, 0.2) is 11.7 Å². The van der Waals surface area contributed by atoms with Gasteiger partial charge in [0, 0.05) is 39.3 Å². The number of hydrogen-bond donors (Lipinski definition) is 2. The van der Waals surface area contributed by atoms with E-state index in [-0.39, 0.29) is 24.0 Å². The molecule has 1 saturated heterocycles. The zero-order chi connectivity index (χ0) is 19.8. The molecule has 0 aliphatic carbocycles. The molecule has 0 amide bonds. The first kappa shape index (κ1) is 23.6. The molecule has 0 radical (unpaired) electrons. The van der Waals surface area contributed by atoms with Gasteiger partial charge in [-0.15, -0.1) is 24.0 Å². The topological polar surface area (TPSA) is 74.9 Å². The summed E-state index contributed by atoms with van der Waals surface area (Å²) >= 11 is 0. The summed E-state index contributed by atoms with van der Waals surface area (Å²) in [4.78, 5) is 6.75. The number of guanidine groups is 1. The fraction of sp³-hybridized carbons (Fsp3) is 0.524. The van der Waals surface area contributed by atoms with E-state index >= 15 is 0 Å². The second-order valence-electron chi connectivity index (χ2n) is 7.31. The van der Waals surface area contributed by atoms with E-state index in [0.29, 0.717) is 19.0 Å². The van der Waals surface area contributed by atoms with Gasteiger partial charge in [-0.25, -0.2) is 0 Å². The maximum absolute atomic E-state index is 5.45. The van der Waals surface area contributed by atoms with Crippen LogP contribution in [-0.2, 0) is 24.4 Å². The molecular formula is C21H32IN5O2. The average Bonchev–Trinajstić information content (AvgIpc) is 3.19. The smallest absolute Gasteiger partial charge is 0.191 e. The van der Waals surface area contributed by atoms with Crippen LogP contribution in [0.25, 0.3) is 0 Å². The van der Waals surface area contributed by atoms with Gasteiger partial charge < -0.3 is 19.9 Å². The van der Waals surface area contributed by atoms with Crippen molar-refractivity contribution in [2.45, 2.75) is 39.4 Å². The molecule has 2 heterocycles. The van der Waals surface area contributed by atoms with Crippen molar-refractivity contribution in [1.29, 1.82) is 0 Å². The van der Waals surface area contributed by atoms with Crippen molar-refractivity contribution in [3.05, 3.63) is 52.9 Å². The van der Waals surface area contributed by atoms with Crippen LogP contribution in [0.4, 0.5) is 0 Å². The Kier molecular flexibility index (Phi) is 9.89. The summed E-state index contributed by atoms with van der Waals surface area (Å²) in [6.45, 7) is 10.0. The second-order valence-corrected chi connectivity index (χ2v) is 7.31. The van der Waals surface area contributed by atoms with Crippen molar-refractivity contribution in [3.63, 3.8) is 0 Å². The first-order valence-corrected chi connectivity index (χ1v) is 9.92. The van der Waals surface area contributed by atoms with E-state index < -0.39 is 0 Å². The minimum Gasteiger partial charge on any atom is -0.379 e. The van der Waals surface area contributed by atoms with Gasteiger partial charge >= 0.3 is 0 Å². The maximum Gasteiger partial charge on any atom is 0.191 e. The number of ether oxygens (including phenoxy) is 1. The zero-order valence-electron chi connectivity index (χ0n) is 17.5. The lowest BCUT2D eigenvalue weighted by atomic mass is 10.1. The van der Waals surface area contributed by atoms with E-state index in [2.05, 4.69) is 63.8 Å². The van der Waals surface area contributed by atoms with E-state index in [1.54, 1.807) is 7.05 Å². The molecule has 0 atom stereocenters. The molecular weight excluding hydrogens is 481 g/mol. The summed E-state index contributed by atoms with van der Waals surface area (Å²) in [6.07, 6.45) is 0. The molecule has 0 saturated carbocycles. The number of aliphatic imine (C=N–C) groups is 1. The van der Waals surface area contributed by atoms with Crippen molar-refractivity contribution in [2.24, 2.45) is 4.99 Å². The van der Waals surface area contributed by atoms with E-state index in [9.17, 15) is 0 Å². The molecule has 8 heteroatoms. The molecule has 1 aliphatic heterocycles. The van der Waals surface area contributed by atoms with Crippen LogP contribution in [-0.4, -0.2) is 49.4 Å². The minimum absolute atomic E-state index is 0. The van der Waals surface area contributed by atoms with Crippen molar-refractivity contribution in [1.82, 2.24) is 20.7 Å². The van der Waals surface area contributed by atoms with Gasteiger partial charge in [0.25, 0.3) is 0 Å². The number of rotatable bonds is 7. The van der Waals surface area contributed by atoms with Gasteiger partial charge in [0.2, 0.25) is 0 Å². The van der Waals surface area contributed by atoms with E-state index in [0.717, 1.165) is 50.3 Å². The minimum atomic E-state index is 0. The number of halogens is 1. The largest absolute Gasteiger partial charge is 0.379 e. The lowest BCUT2D eigenvalue weighted by Gasteiger charge is -2.27. The Bertz CT molecular complexity index is 772. The third-order valence-electron chi connectivity index (χ3n) is 4.88. The van der Waals surface area contributed by atoms with Gasteiger partial charge in [-0.3, -0.25) is 9.89 Å². The summed E-state index contributed by atoms with van der Waals surface area (Å²) in [5.41, 5.74) is 3.58. The van der Waals surface area contributed by atoms with Gasteiger partial charge in [-0.1, -0.05) is 43.3 Å². The van der Waals surface area contributed by atoms with Gasteiger partial charge in [0.1, 0.15) is 0 Å². The van der Waals surface area contributed by atoms with Crippen LogP contribution in [0.1, 0.15) is 42.3 Å². The highest BCUT2D eigenvalue weighted by Gasteiger charge is 2.13. The number of benzene rings is 1. The number of morpholine rings is 1. The molecule has 29 heavy (non-hydrogen) atoms. The monoisotopic (exact) mass is 513 g/mol. The highest BCUT2D eigenvalue weighted by Crippen LogP contribution is 2.14. The normalized spacial score (nSPS) is 15.2. The van der Waals surface area contributed by atoms with Crippen LogP contribution in [0, 0.1) is 0 Å². The Hall–Kier alpha value is -1.65. The molecule has 0 spiro atoms. The molecule has 7 nitrogen and oxygen atoms in total. The molecule has 0 unspecified atom stereocenters. The number of hydrogen-bond acceptors (Lipinski definition) is 5. The van der Waals surface area contributed by atoms with Crippen molar-refractivity contribution in [3.8, 4) is 0 Å². The molecule has 160 valence electrons. The lowest BCUT2D eigenvalue weighted by Crippen LogP contribution is -2.37. The van der Waals surface area contributed by atoms with Gasteiger partial charge in [-0.05, 0) is 17.0 Å². The predicted molar refractivity (Wildman–Crippen MR) is 126 cm³/mol. The van der Waals surface area contributed by atoms with Gasteiger partial charge in [-0.2, -0.15) is 0 Å². The SMILES string of the molecule is CN=C(NCc1cc(C(C)C)no1)NCc1ccccc1CN1CCOCC1.I. The molecule has 1 aliphatic rings. The first-order valence-electron chi connectivity index (χ1n) is 9.92. The average molecular weight is 513 g/mol. The van der Waals surface area contributed by atoms with E-state index in [1.807, 2.05) is 6.07 Å². The Labute approximate surface area is 190 Å². The van der Waals surface area contributed by atoms with Crippen LogP contribution in [0.2, 0.25) is 0 Å². The fourth-order valence-electron chi connectivity index (χ4n) is 3.14. The fourth-order valence-corrected chi connectivity index (χ4v) is 3.14. The summed E-state index contributed by atoms with van der Waals surface area (Å²) in [5.74, 6) is 1.90. The predicted octanol–water partition coefficient (Wildman–Crippen LogP) is 3.11. The lowest BCUT2D eigenvalue weighted by molar-refractivity contribution is 0.0341. The molecule has 1 fully saturated rings. The van der Waals surface area contributed by atoms with Crippen LogP contribution in [0.5, 0.6) is 0 Å². The number of nitrogens with one attached hydrogen (secondary N) is 2. The van der Waals surface area contributed by atoms with Crippen LogP contribution >= 0.6 is 24.0 Å². The summed E-state index contributed by atoms with van der Waals surface area (Å²) in [5, 5.41) is 10.8. The maximum atomic E-state index is 5.45. The van der Waals surface area contributed by atoms with Gasteiger partial charge in [0.05, 0.1) is 25.5 Å². The highest BCUT2D eigenvalue weighted by atomic mass is 127. The summed E-state index contributed by atoms with van der Waals surface area (Å²) in [6, 6.07) is 10.5. The van der Waals surface area contributed by atoms with Crippen molar-refractivity contribution >= 4 is 29.9 Å². The van der Waals surface area contributed by atoms with Crippen molar-refractivity contribution in [2.75, 3.05) is 33.4 Å². The molecule has 0 bridgehead atoms. The van der Waals surface area contributed by atoms with E-state index in [1.165, 1.54) is 11.1 Å². The molecule has 3 rings (SSSR count). The molecule has 1 aromatic carbocycles. The van der Waals surface area contributed by atoms with Crippen LogP contribution < -0.4 is 10.6 Å². The summed E-state index contributed by atoms with van der Waals surface area (Å²) < 4.78 is 10.8. The zero-order valence-corrected chi connectivity index (χ0v) is 19.8. The Morgan fingerprint density at radius 1 is 1.14 bits per heavy atom. The third kappa shape index (κ3) is 7.27. The molecule has 2 aromatic rings. The van der Waals surface area contributed by atoms with E-state index in [4.69, 9.17) is 9.26 Å².